The highest BCUT2D eigenvalue weighted by Gasteiger charge is 2.22. The maximum absolute atomic E-state index is 7.48. The van der Waals surface area contributed by atoms with E-state index in [4.69, 9.17) is 11.1 Å². The lowest BCUT2D eigenvalue weighted by molar-refractivity contribution is 0.237. The van der Waals surface area contributed by atoms with E-state index in [0.29, 0.717) is 6.04 Å². The molecule has 82 valence electrons. The molecule has 1 aliphatic heterocycles. The van der Waals surface area contributed by atoms with Crippen LogP contribution in [0.5, 0.6) is 0 Å². The maximum atomic E-state index is 7.48. The van der Waals surface area contributed by atoms with Crippen molar-refractivity contribution < 1.29 is 0 Å². The second-order valence-electron chi connectivity index (χ2n) is 3.93. The van der Waals surface area contributed by atoms with Gasteiger partial charge in [-0.25, -0.2) is 0 Å². The molecular weight excluding hydrogens is 176 g/mol. The summed E-state index contributed by atoms with van der Waals surface area (Å²) in [6.45, 7) is 5.02. The molecule has 1 heterocycles. The van der Waals surface area contributed by atoms with Crippen molar-refractivity contribution in [1.29, 1.82) is 5.41 Å². The lowest BCUT2D eigenvalue weighted by Gasteiger charge is -2.36. The quantitative estimate of drug-likeness (QED) is 0.354. The largest absolute Gasteiger partial charge is 0.370 e. The SMILES string of the molecule is CCCCCC1CNCCN1C(=N)N. The predicted molar refractivity (Wildman–Crippen MR) is 59.4 cm³/mol. The van der Waals surface area contributed by atoms with Gasteiger partial charge in [-0.3, -0.25) is 5.41 Å². The first-order valence-corrected chi connectivity index (χ1v) is 5.57. The fourth-order valence-corrected chi connectivity index (χ4v) is 1.97. The summed E-state index contributed by atoms with van der Waals surface area (Å²) in [5.74, 6) is 0.230. The van der Waals surface area contributed by atoms with Gasteiger partial charge in [0, 0.05) is 25.7 Å². The summed E-state index contributed by atoms with van der Waals surface area (Å²) in [6.07, 6.45) is 4.93. The molecule has 1 aliphatic rings. The molecule has 4 N–H and O–H groups in total. The molecule has 1 fully saturated rings. The van der Waals surface area contributed by atoms with E-state index in [9.17, 15) is 0 Å². The minimum Gasteiger partial charge on any atom is -0.370 e. The Balaban J connectivity index is 2.34. The second-order valence-corrected chi connectivity index (χ2v) is 3.93. The Hall–Kier alpha value is -0.770. The predicted octanol–water partition coefficient (Wildman–Crippen LogP) is 0.734. The minimum atomic E-state index is 0.230. The first kappa shape index (κ1) is 11.3. The van der Waals surface area contributed by atoms with Crippen LogP contribution in [0.4, 0.5) is 0 Å². The Kier molecular flexibility index (Phi) is 4.73. The van der Waals surface area contributed by atoms with Gasteiger partial charge in [0.15, 0.2) is 5.96 Å². The van der Waals surface area contributed by atoms with Gasteiger partial charge < -0.3 is 16.0 Å². The van der Waals surface area contributed by atoms with E-state index in [1.54, 1.807) is 0 Å². The summed E-state index contributed by atoms with van der Waals surface area (Å²) in [5, 5.41) is 10.8. The van der Waals surface area contributed by atoms with Gasteiger partial charge in [-0.2, -0.15) is 0 Å². The molecule has 1 atom stereocenters. The zero-order valence-corrected chi connectivity index (χ0v) is 9.05. The number of hydrogen-bond acceptors (Lipinski definition) is 2. The molecule has 0 bridgehead atoms. The van der Waals surface area contributed by atoms with Gasteiger partial charge in [0.2, 0.25) is 0 Å². The fourth-order valence-electron chi connectivity index (χ4n) is 1.97. The van der Waals surface area contributed by atoms with Crippen LogP contribution in [0, 0.1) is 5.41 Å². The van der Waals surface area contributed by atoms with Crippen LogP contribution in [0.1, 0.15) is 32.6 Å². The summed E-state index contributed by atoms with van der Waals surface area (Å²) in [7, 11) is 0. The van der Waals surface area contributed by atoms with Crippen LogP contribution < -0.4 is 11.1 Å². The van der Waals surface area contributed by atoms with Crippen molar-refractivity contribution in [2.75, 3.05) is 19.6 Å². The first-order chi connectivity index (χ1) is 6.75. The lowest BCUT2D eigenvalue weighted by Crippen LogP contribution is -2.55. The van der Waals surface area contributed by atoms with E-state index in [2.05, 4.69) is 12.2 Å². The number of nitrogens with two attached hydrogens (primary N) is 1. The van der Waals surface area contributed by atoms with E-state index < -0.39 is 0 Å². The molecular formula is C10H22N4. The summed E-state index contributed by atoms with van der Waals surface area (Å²) in [4.78, 5) is 2.02. The molecule has 0 aromatic heterocycles. The molecule has 1 unspecified atom stereocenters. The summed E-state index contributed by atoms with van der Waals surface area (Å²) >= 11 is 0. The van der Waals surface area contributed by atoms with E-state index in [0.717, 1.165) is 26.1 Å². The van der Waals surface area contributed by atoms with Crippen molar-refractivity contribution in [2.45, 2.75) is 38.6 Å². The molecule has 1 rings (SSSR count). The molecule has 0 radical (unpaired) electrons. The zero-order chi connectivity index (χ0) is 10.4. The van der Waals surface area contributed by atoms with E-state index in [1.165, 1.54) is 19.3 Å². The van der Waals surface area contributed by atoms with Gasteiger partial charge in [0.25, 0.3) is 0 Å². The van der Waals surface area contributed by atoms with Crippen LogP contribution in [0.25, 0.3) is 0 Å². The number of nitrogens with one attached hydrogen (secondary N) is 2. The standard InChI is InChI=1S/C10H22N4/c1-2-3-4-5-9-8-13-6-7-14(9)10(11)12/h9,13H,2-8H2,1H3,(H3,11,12). The molecule has 4 nitrogen and oxygen atoms in total. The van der Waals surface area contributed by atoms with Gasteiger partial charge in [-0.15, -0.1) is 0 Å². The normalized spacial score (nSPS) is 22.4. The smallest absolute Gasteiger partial charge is 0.188 e. The topological polar surface area (TPSA) is 65.1 Å². The Bertz CT molecular complexity index is 181. The van der Waals surface area contributed by atoms with Crippen molar-refractivity contribution in [3.8, 4) is 0 Å². The molecule has 0 amide bonds. The highest BCUT2D eigenvalue weighted by molar-refractivity contribution is 5.75. The third-order valence-corrected chi connectivity index (χ3v) is 2.80. The Morgan fingerprint density at radius 3 is 3.00 bits per heavy atom. The molecule has 0 saturated carbocycles. The Morgan fingerprint density at radius 2 is 2.36 bits per heavy atom. The molecule has 4 heteroatoms. The number of nitrogens with zero attached hydrogens (tertiary/aromatic N) is 1. The summed E-state index contributed by atoms with van der Waals surface area (Å²) < 4.78 is 0. The number of piperazine rings is 1. The Labute approximate surface area is 86.4 Å². The number of unbranched alkanes of at least 4 members (excludes halogenated alkanes) is 2. The zero-order valence-electron chi connectivity index (χ0n) is 9.05. The number of rotatable bonds is 4. The van der Waals surface area contributed by atoms with Crippen molar-refractivity contribution in [1.82, 2.24) is 10.2 Å². The van der Waals surface area contributed by atoms with Crippen molar-refractivity contribution in [3.05, 3.63) is 0 Å². The number of guanidine groups is 1. The van der Waals surface area contributed by atoms with E-state index in [1.807, 2.05) is 4.90 Å². The highest BCUT2D eigenvalue weighted by Crippen LogP contribution is 2.11. The van der Waals surface area contributed by atoms with Gasteiger partial charge in [-0.1, -0.05) is 26.2 Å². The van der Waals surface area contributed by atoms with Gasteiger partial charge in [0.05, 0.1) is 0 Å². The first-order valence-electron chi connectivity index (χ1n) is 5.57. The van der Waals surface area contributed by atoms with Crippen molar-refractivity contribution >= 4 is 5.96 Å². The van der Waals surface area contributed by atoms with E-state index >= 15 is 0 Å². The van der Waals surface area contributed by atoms with E-state index in [-0.39, 0.29) is 5.96 Å². The third-order valence-electron chi connectivity index (χ3n) is 2.80. The fraction of sp³-hybridized carbons (Fsp3) is 0.900. The van der Waals surface area contributed by atoms with Crippen LogP contribution in [0.3, 0.4) is 0 Å². The van der Waals surface area contributed by atoms with Crippen LogP contribution in [0.2, 0.25) is 0 Å². The lowest BCUT2D eigenvalue weighted by atomic mass is 10.1. The second kappa shape index (κ2) is 5.86. The molecule has 1 saturated heterocycles. The minimum absolute atomic E-state index is 0.230. The highest BCUT2D eigenvalue weighted by atomic mass is 15.3. The molecule has 0 aliphatic carbocycles. The molecule has 0 spiro atoms. The molecule has 0 aromatic carbocycles. The van der Waals surface area contributed by atoms with Crippen molar-refractivity contribution in [2.24, 2.45) is 5.73 Å². The number of hydrogen-bond donors (Lipinski definition) is 3. The third kappa shape index (κ3) is 3.18. The Morgan fingerprint density at radius 1 is 1.57 bits per heavy atom. The summed E-state index contributed by atoms with van der Waals surface area (Å²) in [6, 6.07) is 0.438. The van der Waals surface area contributed by atoms with Crippen LogP contribution >= 0.6 is 0 Å². The average Bonchev–Trinajstić information content (AvgIpc) is 2.19. The monoisotopic (exact) mass is 198 g/mol. The maximum Gasteiger partial charge on any atom is 0.188 e. The van der Waals surface area contributed by atoms with Gasteiger partial charge in [-0.05, 0) is 6.42 Å². The molecule has 14 heavy (non-hydrogen) atoms. The molecule has 0 aromatic rings. The van der Waals surface area contributed by atoms with Crippen LogP contribution in [-0.4, -0.2) is 36.5 Å². The van der Waals surface area contributed by atoms with Crippen LogP contribution in [-0.2, 0) is 0 Å². The van der Waals surface area contributed by atoms with Crippen molar-refractivity contribution in [3.63, 3.8) is 0 Å². The van der Waals surface area contributed by atoms with Gasteiger partial charge in [0.1, 0.15) is 0 Å². The average molecular weight is 198 g/mol. The van der Waals surface area contributed by atoms with Gasteiger partial charge >= 0.3 is 0 Å². The summed E-state index contributed by atoms with van der Waals surface area (Å²) in [5.41, 5.74) is 5.54. The van der Waals surface area contributed by atoms with Crippen LogP contribution in [0.15, 0.2) is 0 Å².